The fourth-order valence-corrected chi connectivity index (χ4v) is 1.99. The molecule has 0 heterocycles. The monoisotopic (exact) mass is 266 g/mol. The van der Waals surface area contributed by atoms with E-state index in [2.05, 4.69) is 0 Å². The van der Waals surface area contributed by atoms with E-state index in [9.17, 15) is 9.59 Å². The van der Waals surface area contributed by atoms with Crippen molar-refractivity contribution in [3.05, 3.63) is 0 Å². The van der Waals surface area contributed by atoms with Gasteiger partial charge in [0.25, 0.3) is 0 Å². The second-order valence-corrected chi connectivity index (χ2v) is 4.84. The third-order valence-corrected chi connectivity index (χ3v) is 3.56. The van der Waals surface area contributed by atoms with Crippen molar-refractivity contribution in [1.29, 1.82) is 0 Å². The van der Waals surface area contributed by atoms with Gasteiger partial charge in [-0.1, -0.05) is 0 Å². The van der Waals surface area contributed by atoms with E-state index in [1.54, 1.807) is 6.92 Å². The summed E-state index contributed by atoms with van der Waals surface area (Å²) in [6.45, 7) is 1.56. The number of carbonyl (C=O) groups excluding carboxylic acids is 2. The van der Waals surface area contributed by atoms with Crippen LogP contribution in [0, 0.1) is 0 Å². The number of carbonyl (C=O) groups is 2. The van der Waals surface area contributed by atoms with E-state index in [0.29, 0.717) is 5.75 Å². The Morgan fingerprint density at radius 1 is 1.80 bits per heavy atom. The Kier molecular flexibility index (Phi) is 6.55. The minimum absolute atomic E-state index is 0.123. The molecule has 0 saturated carbocycles. The summed E-state index contributed by atoms with van der Waals surface area (Å²) in [6.07, 6.45) is 0.932. The van der Waals surface area contributed by atoms with Gasteiger partial charge in [0.05, 0.1) is 0 Å². The molecule has 0 spiro atoms. The zero-order valence-electron chi connectivity index (χ0n) is 5.74. The van der Waals surface area contributed by atoms with Gasteiger partial charge in [0.2, 0.25) is 0 Å². The molecule has 10 heavy (non-hydrogen) atoms. The quantitative estimate of drug-likeness (QED) is 0.536. The van der Waals surface area contributed by atoms with Crippen LogP contribution in [0.15, 0.2) is 0 Å². The van der Waals surface area contributed by atoms with Crippen LogP contribution in [-0.2, 0) is 9.59 Å². The van der Waals surface area contributed by atoms with Crippen LogP contribution in [0.2, 0.25) is 3.86 Å². The van der Waals surface area contributed by atoms with Crippen LogP contribution in [0.3, 0.4) is 0 Å². The zero-order chi connectivity index (χ0) is 7.98. The van der Waals surface area contributed by atoms with Gasteiger partial charge >= 0.3 is 78.7 Å². The first-order valence-electron chi connectivity index (χ1n) is 2.87. The number of Topliss-reactive ketones (excluding diaryl/α,β-unsaturated/α-hetero) is 1. The molecule has 4 heteroatoms. The van der Waals surface area contributed by atoms with E-state index < -0.39 is 0 Å². The Balaban J connectivity index is 3.19. The summed E-state index contributed by atoms with van der Waals surface area (Å²) < 4.78 is 0.123. The van der Waals surface area contributed by atoms with Crippen LogP contribution in [0.25, 0.3) is 0 Å². The maximum absolute atomic E-state index is 10.4. The maximum atomic E-state index is 10.4. The van der Waals surface area contributed by atoms with Crippen molar-refractivity contribution < 1.29 is 9.59 Å². The number of hydrogen-bond acceptors (Lipinski definition) is 3. The van der Waals surface area contributed by atoms with Crippen molar-refractivity contribution in [2.24, 2.45) is 0 Å². The third-order valence-electron chi connectivity index (χ3n) is 0.751. The Morgan fingerprint density at radius 2 is 2.40 bits per heavy atom. The van der Waals surface area contributed by atoms with Crippen LogP contribution in [0.5, 0.6) is 0 Å². The van der Waals surface area contributed by atoms with Crippen LogP contribution in [-0.4, -0.2) is 46.6 Å². The van der Waals surface area contributed by atoms with Crippen molar-refractivity contribution in [3.63, 3.8) is 0 Å². The molecule has 0 fully saturated rings. The standard InChI is InChI=1S/C6H9O2S.Sb/c1-6(8)5-9-4-2-3-7;/h2-3H,4-5H2,1H3;. The molecule has 56 valence electrons. The van der Waals surface area contributed by atoms with Gasteiger partial charge in [-0.15, -0.1) is 0 Å². The average Bonchev–Trinajstić information content (AvgIpc) is 1.87. The molecule has 0 rings (SSSR count). The summed E-state index contributed by atoms with van der Waals surface area (Å²) in [6, 6.07) is 0. The molecule has 2 radical (unpaired) electrons. The molecule has 0 aromatic rings. The molecule has 0 aromatic carbocycles. The fourth-order valence-electron chi connectivity index (χ4n) is 0.363. The molecule has 1 unspecified atom stereocenters. The first kappa shape index (κ1) is 10.5. The summed E-state index contributed by atoms with van der Waals surface area (Å²) in [5, 5.41) is 0. The van der Waals surface area contributed by atoms with Crippen LogP contribution < -0.4 is 0 Å². The van der Waals surface area contributed by atoms with Gasteiger partial charge < -0.3 is 0 Å². The molecule has 0 bridgehead atoms. The van der Waals surface area contributed by atoms with Crippen LogP contribution in [0.1, 0.15) is 6.92 Å². The number of hydrogen-bond donors (Lipinski definition) is 0. The van der Waals surface area contributed by atoms with E-state index >= 15 is 0 Å². The molecule has 0 amide bonds. The minimum atomic E-state index is 0.123. The fraction of sp³-hybridized carbons (Fsp3) is 0.667. The first-order valence-corrected chi connectivity index (χ1v) is 5.50. The summed E-state index contributed by atoms with van der Waals surface area (Å²) in [7, 11) is 0. The van der Waals surface area contributed by atoms with Gasteiger partial charge in [-0.2, -0.15) is 0 Å². The number of aldehydes is 1. The molecular weight excluding hydrogens is 258 g/mol. The Hall–Kier alpha value is 0.508. The Bertz CT molecular complexity index is 127. The van der Waals surface area contributed by atoms with Crippen LogP contribution in [0.4, 0.5) is 0 Å². The summed E-state index contributed by atoms with van der Waals surface area (Å²) in [5.41, 5.74) is 0. The molecule has 0 aliphatic carbocycles. The molecule has 2 nitrogen and oxygen atoms in total. The van der Waals surface area contributed by atoms with E-state index in [0.717, 1.165) is 12.0 Å². The Morgan fingerprint density at radius 3 is 2.80 bits per heavy atom. The molecular formula is C6H9O2SSb. The van der Waals surface area contributed by atoms with E-state index in [4.69, 9.17) is 0 Å². The van der Waals surface area contributed by atoms with Gasteiger partial charge in [-0.3, -0.25) is 0 Å². The topological polar surface area (TPSA) is 34.1 Å². The third kappa shape index (κ3) is 6.63. The second kappa shape index (κ2) is 6.23. The first-order chi connectivity index (χ1) is 4.66. The number of thioether (sulfide) groups is 1. The SMILES string of the molecule is CC(=O)CSC[CH]([Sb])C=O. The molecule has 0 aromatic heterocycles. The van der Waals surface area contributed by atoms with E-state index in [1.165, 1.54) is 34.8 Å². The van der Waals surface area contributed by atoms with Crippen molar-refractivity contribution in [2.75, 3.05) is 11.5 Å². The van der Waals surface area contributed by atoms with Gasteiger partial charge in [-0.05, 0) is 0 Å². The zero-order valence-corrected chi connectivity index (χ0v) is 9.11. The second-order valence-electron chi connectivity index (χ2n) is 1.92. The van der Waals surface area contributed by atoms with Gasteiger partial charge in [0, 0.05) is 0 Å². The van der Waals surface area contributed by atoms with Crippen molar-refractivity contribution in [1.82, 2.24) is 0 Å². The van der Waals surface area contributed by atoms with Crippen molar-refractivity contribution >= 4 is 46.9 Å². The molecule has 0 aliphatic heterocycles. The summed E-state index contributed by atoms with van der Waals surface area (Å²) in [4.78, 5) is 20.5. The van der Waals surface area contributed by atoms with Crippen LogP contribution >= 0.6 is 11.8 Å². The van der Waals surface area contributed by atoms with Gasteiger partial charge in [0.1, 0.15) is 0 Å². The molecule has 0 N–H and O–H groups in total. The van der Waals surface area contributed by atoms with Crippen molar-refractivity contribution in [3.8, 4) is 0 Å². The molecule has 1 atom stereocenters. The van der Waals surface area contributed by atoms with Crippen molar-refractivity contribution in [2.45, 2.75) is 10.8 Å². The summed E-state index contributed by atoms with van der Waals surface area (Å²) in [5.74, 6) is 1.48. The van der Waals surface area contributed by atoms with Gasteiger partial charge in [-0.25, -0.2) is 0 Å². The van der Waals surface area contributed by atoms with Gasteiger partial charge in [0.15, 0.2) is 0 Å². The summed E-state index contributed by atoms with van der Waals surface area (Å²) >= 11 is 3.03. The number of rotatable bonds is 5. The van der Waals surface area contributed by atoms with E-state index in [1.807, 2.05) is 0 Å². The predicted molar refractivity (Wildman–Crippen MR) is 43.6 cm³/mol. The normalized spacial score (nSPS) is 12.6. The number of ketones is 1. The molecule has 0 saturated heterocycles. The average molecular weight is 267 g/mol. The predicted octanol–water partition coefficient (Wildman–Crippen LogP) is 0.464. The Labute approximate surface area is 78.6 Å². The molecule has 0 aliphatic rings. The van der Waals surface area contributed by atoms with E-state index in [-0.39, 0.29) is 9.65 Å².